The van der Waals surface area contributed by atoms with Crippen molar-refractivity contribution < 1.29 is 18.7 Å². The number of carbonyl (C=O) groups is 2. The van der Waals surface area contributed by atoms with Gasteiger partial charge in [-0.2, -0.15) is 0 Å². The van der Waals surface area contributed by atoms with E-state index in [-0.39, 0.29) is 25.0 Å². The summed E-state index contributed by atoms with van der Waals surface area (Å²) in [4.78, 5) is 29.2. The topological polar surface area (TPSA) is 63.0 Å². The second-order valence-corrected chi connectivity index (χ2v) is 7.23. The van der Waals surface area contributed by atoms with E-state index in [4.69, 9.17) is 9.15 Å². The van der Waals surface area contributed by atoms with Gasteiger partial charge in [0, 0.05) is 13.1 Å². The average molecular weight is 421 g/mol. The Morgan fingerprint density at radius 2 is 1.55 bits per heavy atom. The van der Waals surface area contributed by atoms with Crippen molar-refractivity contribution in [3.8, 4) is 5.75 Å². The average Bonchev–Trinajstić information content (AvgIpc) is 3.31. The molecule has 0 radical (unpaired) electrons. The van der Waals surface area contributed by atoms with E-state index < -0.39 is 0 Å². The first-order valence-corrected chi connectivity index (χ1v) is 10.5. The fourth-order valence-electron chi connectivity index (χ4n) is 3.20. The zero-order chi connectivity index (χ0) is 21.9. The number of carbonyl (C=O) groups excluding carboxylic acids is 2. The largest absolute Gasteiger partial charge is 0.484 e. The lowest BCUT2D eigenvalue weighted by Gasteiger charge is -2.27. The molecule has 1 heterocycles. The second kappa shape index (κ2) is 11.6. The van der Waals surface area contributed by atoms with Crippen molar-refractivity contribution in [1.82, 2.24) is 9.80 Å². The molecular formula is C25H28N2O4. The minimum atomic E-state index is -0.211. The molecule has 3 aromatic rings. The van der Waals surface area contributed by atoms with E-state index in [0.29, 0.717) is 31.1 Å². The molecule has 0 atom stereocenters. The van der Waals surface area contributed by atoms with Gasteiger partial charge >= 0.3 is 0 Å². The summed E-state index contributed by atoms with van der Waals surface area (Å²) < 4.78 is 11.0. The van der Waals surface area contributed by atoms with Crippen molar-refractivity contribution in [1.29, 1.82) is 0 Å². The molecule has 2 amide bonds. The number of benzene rings is 2. The molecule has 3 rings (SSSR count). The van der Waals surface area contributed by atoms with Crippen LogP contribution in [0.2, 0.25) is 0 Å². The summed E-state index contributed by atoms with van der Waals surface area (Å²) in [7, 11) is 0. The van der Waals surface area contributed by atoms with Crippen molar-refractivity contribution in [2.45, 2.75) is 26.4 Å². The van der Waals surface area contributed by atoms with Crippen LogP contribution < -0.4 is 4.74 Å². The van der Waals surface area contributed by atoms with Crippen LogP contribution in [-0.4, -0.2) is 41.3 Å². The first-order valence-electron chi connectivity index (χ1n) is 10.5. The maximum absolute atomic E-state index is 13.2. The van der Waals surface area contributed by atoms with Crippen LogP contribution in [0.1, 0.15) is 24.7 Å². The SMILES string of the molecule is CCCN(CC(=O)N(Cc1ccccc1)Cc1ccco1)C(=O)COc1ccccc1. The van der Waals surface area contributed by atoms with Gasteiger partial charge in [-0.1, -0.05) is 55.5 Å². The summed E-state index contributed by atoms with van der Waals surface area (Å²) in [6, 6.07) is 22.6. The minimum absolute atomic E-state index is 0.00162. The summed E-state index contributed by atoms with van der Waals surface area (Å²) in [5, 5.41) is 0. The molecule has 31 heavy (non-hydrogen) atoms. The van der Waals surface area contributed by atoms with E-state index in [1.54, 1.807) is 34.3 Å². The highest BCUT2D eigenvalue weighted by atomic mass is 16.5. The lowest BCUT2D eigenvalue weighted by Crippen LogP contribution is -2.44. The summed E-state index contributed by atoms with van der Waals surface area (Å²) in [6.45, 7) is 3.15. The highest BCUT2D eigenvalue weighted by Gasteiger charge is 2.22. The van der Waals surface area contributed by atoms with E-state index in [0.717, 1.165) is 12.0 Å². The number of hydrogen-bond donors (Lipinski definition) is 0. The second-order valence-electron chi connectivity index (χ2n) is 7.23. The highest BCUT2D eigenvalue weighted by Crippen LogP contribution is 2.13. The molecule has 0 aliphatic carbocycles. The monoisotopic (exact) mass is 420 g/mol. The van der Waals surface area contributed by atoms with Crippen LogP contribution >= 0.6 is 0 Å². The maximum Gasteiger partial charge on any atom is 0.260 e. The van der Waals surface area contributed by atoms with E-state index in [2.05, 4.69) is 0 Å². The first-order chi connectivity index (χ1) is 15.2. The Morgan fingerprint density at radius 1 is 0.839 bits per heavy atom. The van der Waals surface area contributed by atoms with Crippen LogP contribution in [0.5, 0.6) is 5.75 Å². The molecule has 0 aliphatic rings. The maximum atomic E-state index is 13.2. The standard InChI is InChI=1S/C25H28N2O4/c1-2-15-26(25(29)20-31-22-12-7-4-8-13-22)19-24(28)27(18-23-14-9-16-30-23)17-21-10-5-3-6-11-21/h3-14,16H,2,15,17-20H2,1H3. The summed E-state index contributed by atoms with van der Waals surface area (Å²) in [5.41, 5.74) is 1.02. The Labute approximate surface area is 183 Å². The van der Waals surface area contributed by atoms with Crippen molar-refractivity contribution in [2.24, 2.45) is 0 Å². The first kappa shape index (κ1) is 22.2. The Morgan fingerprint density at radius 3 is 2.19 bits per heavy atom. The molecule has 6 heteroatoms. The number of hydrogen-bond acceptors (Lipinski definition) is 4. The number of ether oxygens (including phenoxy) is 1. The molecule has 1 aromatic heterocycles. The van der Waals surface area contributed by atoms with Crippen LogP contribution in [0.15, 0.2) is 83.5 Å². The Kier molecular flexibility index (Phi) is 8.29. The highest BCUT2D eigenvalue weighted by molar-refractivity contribution is 5.85. The summed E-state index contributed by atoms with van der Waals surface area (Å²) >= 11 is 0. The van der Waals surface area contributed by atoms with Gasteiger partial charge in [0.1, 0.15) is 11.5 Å². The molecule has 0 bridgehead atoms. The van der Waals surface area contributed by atoms with Gasteiger partial charge in [0.25, 0.3) is 5.91 Å². The normalized spacial score (nSPS) is 10.5. The molecule has 162 valence electrons. The van der Waals surface area contributed by atoms with Gasteiger partial charge in [-0.3, -0.25) is 9.59 Å². The molecular weight excluding hydrogens is 392 g/mol. The van der Waals surface area contributed by atoms with Crippen molar-refractivity contribution in [3.05, 3.63) is 90.4 Å². The van der Waals surface area contributed by atoms with Crippen LogP contribution in [-0.2, 0) is 22.7 Å². The zero-order valence-electron chi connectivity index (χ0n) is 17.8. The Bertz CT molecular complexity index is 927. The fraction of sp³-hybridized carbons (Fsp3) is 0.280. The van der Waals surface area contributed by atoms with Crippen molar-refractivity contribution in [2.75, 3.05) is 19.7 Å². The van der Waals surface area contributed by atoms with Crippen LogP contribution in [0, 0.1) is 0 Å². The van der Waals surface area contributed by atoms with Crippen molar-refractivity contribution >= 4 is 11.8 Å². The van der Waals surface area contributed by atoms with Gasteiger partial charge in [-0.15, -0.1) is 0 Å². The van der Waals surface area contributed by atoms with Crippen LogP contribution in [0.25, 0.3) is 0 Å². The van der Waals surface area contributed by atoms with Gasteiger partial charge in [-0.05, 0) is 36.2 Å². The van der Waals surface area contributed by atoms with E-state index in [1.165, 1.54) is 0 Å². The quantitative estimate of drug-likeness (QED) is 0.468. The fourth-order valence-corrected chi connectivity index (χ4v) is 3.20. The third-order valence-electron chi connectivity index (χ3n) is 4.77. The van der Waals surface area contributed by atoms with Crippen molar-refractivity contribution in [3.63, 3.8) is 0 Å². The predicted octanol–water partition coefficient (Wildman–Crippen LogP) is 4.13. The van der Waals surface area contributed by atoms with E-state index >= 15 is 0 Å². The molecule has 0 saturated carbocycles. The predicted molar refractivity (Wildman–Crippen MR) is 118 cm³/mol. The number of para-hydroxylation sites is 1. The third kappa shape index (κ3) is 7.03. The lowest BCUT2D eigenvalue weighted by atomic mass is 10.2. The molecule has 0 unspecified atom stereocenters. The van der Waals surface area contributed by atoms with Gasteiger partial charge < -0.3 is 19.0 Å². The van der Waals surface area contributed by atoms with E-state index in [9.17, 15) is 9.59 Å². The van der Waals surface area contributed by atoms with Gasteiger partial charge in [0.05, 0.1) is 19.4 Å². The molecule has 0 spiro atoms. The zero-order valence-corrected chi connectivity index (χ0v) is 17.8. The molecule has 0 N–H and O–H groups in total. The van der Waals surface area contributed by atoms with E-state index in [1.807, 2.05) is 61.5 Å². The number of rotatable bonds is 11. The summed E-state index contributed by atoms with van der Waals surface area (Å²) in [5.74, 6) is 0.977. The van der Waals surface area contributed by atoms with Gasteiger partial charge in [-0.25, -0.2) is 0 Å². The number of amides is 2. The van der Waals surface area contributed by atoms with Crippen LogP contribution in [0.3, 0.4) is 0 Å². The number of furan rings is 1. The summed E-state index contributed by atoms with van der Waals surface area (Å²) in [6.07, 6.45) is 2.34. The molecule has 2 aromatic carbocycles. The van der Waals surface area contributed by atoms with Gasteiger partial charge in [0.15, 0.2) is 6.61 Å². The molecule has 0 fully saturated rings. The molecule has 0 aliphatic heterocycles. The Balaban J connectivity index is 1.66. The minimum Gasteiger partial charge on any atom is -0.484 e. The number of nitrogens with zero attached hydrogens (tertiary/aromatic N) is 2. The van der Waals surface area contributed by atoms with Gasteiger partial charge in [0.2, 0.25) is 5.91 Å². The molecule has 0 saturated heterocycles. The molecule has 6 nitrogen and oxygen atoms in total. The lowest BCUT2D eigenvalue weighted by molar-refractivity contribution is -0.142. The Hall–Kier alpha value is -3.54. The third-order valence-corrected chi connectivity index (χ3v) is 4.77. The smallest absolute Gasteiger partial charge is 0.260 e. The van der Waals surface area contributed by atoms with Crippen LogP contribution in [0.4, 0.5) is 0 Å².